The van der Waals surface area contributed by atoms with Gasteiger partial charge in [-0.05, 0) is 37.4 Å². The summed E-state index contributed by atoms with van der Waals surface area (Å²) < 4.78 is 16.2. The largest absolute Gasteiger partial charge is 1.00 e. The smallest absolute Gasteiger partial charge is 0.231 e. The molecule has 1 aromatic carbocycles. The van der Waals surface area contributed by atoms with E-state index in [4.69, 9.17) is 14.2 Å². The number of aliphatic hydroxyl groups excluding tert-OH is 1. The number of benzene rings is 1. The van der Waals surface area contributed by atoms with E-state index in [1.807, 2.05) is 12.1 Å². The molecule has 0 aromatic heterocycles. The van der Waals surface area contributed by atoms with E-state index in [1.54, 1.807) is 6.07 Å². The van der Waals surface area contributed by atoms with Crippen molar-refractivity contribution < 1.29 is 31.7 Å². The fraction of sp³-hybridized carbons (Fsp3) is 0.625. The van der Waals surface area contributed by atoms with Gasteiger partial charge in [0.2, 0.25) is 6.79 Å². The van der Waals surface area contributed by atoms with Gasteiger partial charge in [0.05, 0.1) is 0 Å². The number of β-amino-alcohol motifs (C(OH)–C–C–N with tert-alkyl or cyclic N) is 1. The van der Waals surface area contributed by atoms with Crippen molar-refractivity contribution in [3.05, 3.63) is 18.2 Å². The van der Waals surface area contributed by atoms with Gasteiger partial charge in [0, 0.05) is 19.2 Å². The van der Waals surface area contributed by atoms with Crippen LogP contribution in [0, 0.1) is 5.92 Å². The summed E-state index contributed by atoms with van der Waals surface area (Å²) in [6.07, 6.45) is 2.04. The first kappa shape index (κ1) is 17.2. The van der Waals surface area contributed by atoms with Crippen LogP contribution in [0.4, 0.5) is 0 Å². The van der Waals surface area contributed by atoms with Gasteiger partial charge >= 0.3 is 0 Å². The normalized spacial score (nSPS) is 22.0. The van der Waals surface area contributed by atoms with E-state index in [9.17, 15) is 5.11 Å². The van der Waals surface area contributed by atoms with Gasteiger partial charge in [-0.25, -0.2) is 0 Å². The molecule has 2 atom stereocenters. The van der Waals surface area contributed by atoms with Crippen LogP contribution in [0.1, 0.15) is 19.8 Å². The Morgan fingerprint density at radius 2 is 2.18 bits per heavy atom. The van der Waals surface area contributed by atoms with Gasteiger partial charge in [0.15, 0.2) is 11.5 Å². The molecule has 0 radical (unpaired) electrons. The molecule has 2 heterocycles. The molecule has 1 fully saturated rings. The Hall–Kier alpha value is -1.17. The zero-order chi connectivity index (χ0) is 14.7. The number of piperidine rings is 1. The summed E-state index contributed by atoms with van der Waals surface area (Å²) in [6, 6.07) is 5.47. The van der Waals surface area contributed by atoms with Gasteiger partial charge in [-0.1, -0.05) is 6.92 Å². The summed E-state index contributed by atoms with van der Waals surface area (Å²) in [5.74, 6) is 2.86. The van der Waals surface area contributed by atoms with Crippen molar-refractivity contribution >= 4 is 0 Å². The number of nitrogens with zero attached hydrogens (tertiary/aromatic N) is 1. The lowest BCUT2D eigenvalue weighted by molar-refractivity contribution is -0.00000879. The Bertz CT molecular complexity index is 485. The second-order valence-electron chi connectivity index (χ2n) is 5.99. The highest BCUT2D eigenvalue weighted by atomic mass is 35.5. The Kier molecular flexibility index (Phi) is 6.17. The summed E-state index contributed by atoms with van der Waals surface area (Å²) in [4.78, 5) is 2.32. The van der Waals surface area contributed by atoms with Crippen molar-refractivity contribution in [2.75, 3.05) is 33.0 Å². The van der Waals surface area contributed by atoms with Crippen LogP contribution >= 0.6 is 0 Å². The minimum atomic E-state index is -0.472. The molecule has 0 bridgehead atoms. The first-order chi connectivity index (χ1) is 10.2. The summed E-state index contributed by atoms with van der Waals surface area (Å²) in [7, 11) is 0. The van der Waals surface area contributed by atoms with Gasteiger partial charge in [-0.15, -0.1) is 0 Å². The fourth-order valence-corrected chi connectivity index (χ4v) is 2.96. The summed E-state index contributed by atoms with van der Waals surface area (Å²) >= 11 is 0. The quantitative estimate of drug-likeness (QED) is 0.743. The molecule has 1 N–H and O–H groups in total. The number of ether oxygens (including phenoxy) is 3. The average Bonchev–Trinajstić information content (AvgIpc) is 2.92. The predicted octanol–water partition coefficient (Wildman–Crippen LogP) is -1.11. The molecule has 1 aromatic rings. The topological polar surface area (TPSA) is 51.2 Å². The lowest BCUT2D eigenvalue weighted by atomic mass is 10.0. The van der Waals surface area contributed by atoms with Gasteiger partial charge < -0.3 is 36.6 Å². The van der Waals surface area contributed by atoms with E-state index in [0.29, 0.717) is 24.7 Å². The van der Waals surface area contributed by atoms with E-state index < -0.39 is 6.10 Å². The van der Waals surface area contributed by atoms with Crippen LogP contribution in [-0.4, -0.2) is 49.1 Å². The molecule has 0 spiro atoms. The number of likely N-dealkylation sites (tertiary alicyclic amines) is 1. The van der Waals surface area contributed by atoms with Crippen molar-refractivity contribution in [3.63, 3.8) is 0 Å². The van der Waals surface area contributed by atoms with E-state index in [-0.39, 0.29) is 19.2 Å². The van der Waals surface area contributed by atoms with Crippen molar-refractivity contribution in [1.82, 2.24) is 4.90 Å². The van der Waals surface area contributed by atoms with Crippen LogP contribution in [0.2, 0.25) is 0 Å². The molecule has 2 aliphatic heterocycles. The number of aliphatic hydroxyl groups is 1. The van der Waals surface area contributed by atoms with Crippen molar-refractivity contribution in [2.45, 2.75) is 25.9 Å². The van der Waals surface area contributed by atoms with Crippen LogP contribution in [0.5, 0.6) is 17.2 Å². The molecule has 22 heavy (non-hydrogen) atoms. The zero-order valence-electron chi connectivity index (χ0n) is 12.8. The van der Waals surface area contributed by atoms with Crippen molar-refractivity contribution in [3.8, 4) is 17.2 Å². The van der Waals surface area contributed by atoms with Crippen LogP contribution in [0.3, 0.4) is 0 Å². The van der Waals surface area contributed by atoms with Crippen molar-refractivity contribution in [1.29, 1.82) is 0 Å². The maximum atomic E-state index is 10.1. The Balaban J connectivity index is 0.00000176. The van der Waals surface area contributed by atoms with E-state index >= 15 is 0 Å². The third kappa shape index (κ3) is 4.41. The molecule has 1 saturated heterocycles. The predicted molar refractivity (Wildman–Crippen MR) is 78.9 cm³/mol. The standard InChI is InChI=1S/C16H23NO4.ClH/c1-12-3-2-6-17(8-12)9-13(18)10-19-14-4-5-15-16(7-14)21-11-20-15;/h4-5,7,12-13,18H,2-3,6,8-11H2,1H3;1H/p-1. The number of halogens is 1. The van der Waals surface area contributed by atoms with E-state index in [1.165, 1.54) is 12.8 Å². The van der Waals surface area contributed by atoms with Gasteiger partial charge in [0.1, 0.15) is 18.5 Å². The maximum Gasteiger partial charge on any atom is 0.231 e. The lowest BCUT2D eigenvalue weighted by Crippen LogP contribution is -3.00. The van der Waals surface area contributed by atoms with Gasteiger partial charge in [-0.2, -0.15) is 0 Å². The molecule has 6 heteroatoms. The minimum absolute atomic E-state index is 0. The highest BCUT2D eigenvalue weighted by molar-refractivity contribution is 5.46. The molecule has 0 aliphatic carbocycles. The molecule has 5 nitrogen and oxygen atoms in total. The van der Waals surface area contributed by atoms with Gasteiger partial charge in [-0.3, -0.25) is 0 Å². The van der Waals surface area contributed by atoms with Crippen LogP contribution in [0.15, 0.2) is 18.2 Å². The first-order valence-corrected chi connectivity index (χ1v) is 7.63. The summed E-state index contributed by atoms with van der Waals surface area (Å²) in [6.45, 7) is 5.64. The minimum Gasteiger partial charge on any atom is -1.00 e. The average molecular weight is 329 g/mol. The van der Waals surface area contributed by atoms with E-state index in [2.05, 4.69) is 11.8 Å². The molecule has 0 amide bonds. The number of rotatable bonds is 5. The van der Waals surface area contributed by atoms with Gasteiger partial charge in [0.25, 0.3) is 0 Å². The monoisotopic (exact) mass is 328 g/mol. The third-order valence-corrected chi connectivity index (χ3v) is 4.00. The SMILES string of the molecule is CC1CCCN(CC(O)COc2ccc3c(c2)OCO3)C1.[Cl-]. The second kappa shape index (κ2) is 7.90. The molecule has 2 unspecified atom stereocenters. The summed E-state index contributed by atoms with van der Waals surface area (Å²) in [5.41, 5.74) is 0. The molecular weight excluding hydrogens is 306 g/mol. The fourth-order valence-electron chi connectivity index (χ4n) is 2.96. The molecule has 2 aliphatic rings. The zero-order valence-corrected chi connectivity index (χ0v) is 13.6. The molecule has 0 saturated carbocycles. The highest BCUT2D eigenvalue weighted by Crippen LogP contribution is 2.35. The highest BCUT2D eigenvalue weighted by Gasteiger charge is 2.19. The van der Waals surface area contributed by atoms with Crippen molar-refractivity contribution in [2.24, 2.45) is 5.92 Å². The van der Waals surface area contributed by atoms with Crippen LogP contribution in [0.25, 0.3) is 0 Å². The molecule has 124 valence electrons. The summed E-state index contributed by atoms with van der Waals surface area (Å²) in [5, 5.41) is 10.1. The molecular formula is C16H23ClNO4-. The van der Waals surface area contributed by atoms with E-state index in [0.717, 1.165) is 24.8 Å². The number of hydrogen-bond donors (Lipinski definition) is 1. The first-order valence-electron chi connectivity index (χ1n) is 7.63. The lowest BCUT2D eigenvalue weighted by Gasteiger charge is -2.32. The van der Waals surface area contributed by atoms with Crippen LogP contribution < -0.4 is 26.6 Å². The Morgan fingerprint density at radius 1 is 1.36 bits per heavy atom. The van der Waals surface area contributed by atoms with Crippen LogP contribution in [-0.2, 0) is 0 Å². The second-order valence-corrected chi connectivity index (χ2v) is 5.99. The third-order valence-electron chi connectivity index (χ3n) is 4.00. The maximum absolute atomic E-state index is 10.1. The molecule has 3 rings (SSSR count). The number of fused-ring (bicyclic) bond motifs is 1. The Labute approximate surface area is 137 Å². The Morgan fingerprint density at radius 3 is 3.00 bits per heavy atom. The number of hydrogen-bond acceptors (Lipinski definition) is 5.